The minimum atomic E-state index is -1.11. The van der Waals surface area contributed by atoms with E-state index in [-0.39, 0.29) is 11.8 Å². The summed E-state index contributed by atoms with van der Waals surface area (Å²) in [4.78, 5) is 39.8. The predicted octanol–water partition coefficient (Wildman–Crippen LogP) is 1.40. The molecule has 1 aromatic carbocycles. The normalized spacial score (nSPS) is 14.6. The number of carbonyl (C=O) groups excluding carboxylic acids is 2. The van der Waals surface area contributed by atoms with Crippen LogP contribution in [0.4, 0.5) is 0 Å². The Labute approximate surface area is 170 Å². The molecule has 8 heteroatoms. The second-order valence-corrected chi connectivity index (χ2v) is 7.97. The van der Waals surface area contributed by atoms with Crippen molar-refractivity contribution in [2.24, 2.45) is 17.6 Å². The number of hydrogen-bond acceptors (Lipinski definition) is 4. The Bertz CT molecular complexity index is 874. The average Bonchev–Trinajstić information content (AvgIpc) is 3.05. The number of hydrogen-bond donors (Lipinski definition) is 5. The Morgan fingerprint density at radius 1 is 1.00 bits per heavy atom. The number of fused-ring (bicyclic) bond motifs is 1. The summed E-state index contributed by atoms with van der Waals surface area (Å²) in [5.41, 5.74) is 7.97. The number of rotatable bonds is 9. The van der Waals surface area contributed by atoms with Gasteiger partial charge in [-0.15, -0.1) is 0 Å². The monoisotopic (exact) mass is 402 g/mol. The molecule has 1 heterocycles. The van der Waals surface area contributed by atoms with Crippen molar-refractivity contribution in [1.82, 2.24) is 15.6 Å². The first-order chi connectivity index (χ1) is 13.6. The van der Waals surface area contributed by atoms with Crippen molar-refractivity contribution in [3.05, 3.63) is 36.0 Å². The molecule has 29 heavy (non-hydrogen) atoms. The van der Waals surface area contributed by atoms with E-state index in [4.69, 9.17) is 5.73 Å². The highest BCUT2D eigenvalue weighted by atomic mass is 16.4. The first kappa shape index (κ1) is 22.4. The van der Waals surface area contributed by atoms with Gasteiger partial charge in [-0.1, -0.05) is 45.9 Å². The van der Waals surface area contributed by atoms with Gasteiger partial charge in [-0.05, 0) is 29.9 Å². The zero-order valence-corrected chi connectivity index (χ0v) is 17.2. The predicted molar refractivity (Wildman–Crippen MR) is 111 cm³/mol. The van der Waals surface area contributed by atoms with Crippen molar-refractivity contribution in [3.63, 3.8) is 0 Å². The van der Waals surface area contributed by atoms with Crippen molar-refractivity contribution in [2.45, 2.75) is 52.2 Å². The summed E-state index contributed by atoms with van der Waals surface area (Å²) >= 11 is 0. The molecule has 2 amide bonds. The van der Waals surface area contributed by atoms with Crippen molar-refractivity contribution < 1.29 is 19.5 Å². The number of para-hydroxylation sites is 1. The highest BCUT2D eigenvalue weighted by Crippen LogP contribution is 2.19. The number of carboxylic acid groups (broad SMARTS) is 1. The standard InChI is InChI=1S/C21H30N4O4/c1-11(2)17(20(27)25-18(12(3)4)21(28)29)24-19(26)15(22)9-13-10-23-16-8-6-5-7-14(13)16/h5-8,10-12,15,17-18,23H,9,22H2,1-4H3,(H,24,26)(H,25,27)(H,28,29)/t15-,17-,18-/m0/s1. The van der Waals surface area contributed by atoms with Crippen molar-refractivity contribution in [2.75, 3.05) is 0 Å². The van der Waals surface area contributed by atoms with Crippen molar-refractivity contribution in [3.8, 4) is 0 Å². The summed E-state index contributed by atoms with van der Waals surface area (Å²) in [7, 11) is 0. The number of aromatic nitrogens is 1. The van der Waals surface area contributed by atoms with Crippen LogP contribution >= 0.6 is 0 Å². The van der Waals surface area contributed by atoms with E-state index in [0.717, 1.165) is 16.5 Å². The first-order valence-corrected chi connectivity index (χ1v) is 9.76. The third kappa shape index (κ3) is 5.57. The van der Waals surface area contributed by atoms with Crippen LogP contribution in [0.1, 0.15) is 33.3 Å². The van der Waals surface area contributed by atoms with Crippen molar-refractivity contribution >= 4 is 28.7 Å². The van der Waals surface area contributed by atoms with E-state index in [0.29, 0.717) is 6.42 Å². The highest BCUT2D eigenvalue weighted by Gasteiger charge is 2.31. The van der Waals surface area contributed by atoms with Gasteiger partial charge in [-0.2, -0.15) is 0 Å². The third-order valence-corrected chi connectivity index (χ3v) is 4.93. The summed E-state index contributed by atoms with van der Waals surface area (Å²) in [6.45, 7) is 6.97. The molecule has 0 aliphatic rings. The second kappa shape index (κ2) is 9.56. The average molecular weight is 402 g/mol. The van der Waals surface area contributed by atoms with Gasteiger partial charge >= 0.3 is 5.97 Å². The van der Waals surface area contributed by atoms with Crippen LogP contribution in [0.15, 0.2) is 30.5 Å². The van der Waals surface area contributed by atoms with Crippen LogP contribution < -0.4 is 16.4 Å². The van der Waals surface area contributed by atoms with E-state index in [9.17, 15) is 19.5 Å². The number of nitrogens with two attached hydrogens (primary N) is 1. The largest absolute Gasteiger partial charge is 0.480 e. The lowest BCUT2D eigenvalue weighted by Crippen LogP contribution is -2.57. The topological polar surface area (TPSA) is 137 Å². The van der Waals surface area contributed by atoms with Gasteiger partial charge in [0.05, 0.1) is 6.04 Å². The fourth-order valence-electron chi connectivity index (χ4n) is 3.18. The van der Waals surface area contributed by atoms with Gasteiger partial charge in [0, 0.05) is 17.1 Å². The highest BCUT2D eigenvalue weighted by molar-refractivity contribution is 5.92. The number of H-pyrrole nitrogens is 1. The minimum Gasteiger partial charge on any atom is -0.480 e. The first-order valence-electron chi connectivity index (χ1n) is 9.76. The molecule has 0 aliphatic carbocycles. The van der Waals surface area contributed by atoms with Gasteiger partial charge in [0.25, 0.3) is 0 Å². The molecule has 0 aliphatic heterocycles. The molecule has 3 atom stereocenters. The smallest absolute Gasteiger partial charge is 0.326 e. The molecule has 0 bridgehead atoms. The van der Waals surface area contributed by atoms with E-state index in [1.54, 1.807) is 27.7 Å². The van der Waals surface area contributed by atoms with Gasteiger partial charge in [0.2, 0.25) is 11.8 Å². The Balaban J connectivity index is 2.06. The second-order valence-electron chi connectivity index (χ2n) is 7.97. The van der Waals surface area contributed by atoms with Gasteiger partial charge in [-0.3, -0.25) is 9.59 Å². The van der Waals surface area contributed by atoms with Gasteiger partial charge in [0.15, 0.2) is 0 Å². The van der Waals surface area contributed by atoms with Crippen LogP contribution in [-0.4, -0.2) is 46.0 Å². The van der Waals surface area contributed by atoms with E-state index >= 15 is 0 Å². The fourth-order valence-corrected chi connectivity index (χ4v) is 3.18. The van der Waals surface area contributed by atoms with Gasteiger partial charge in [-0.25, -0.2) is 4.79 Å². The van der Waals surface area contributed by atoms with E-state index in [1.165, 1.54) is 0 Å². The molecule has 2 rings (SSSR count). The van der Waals surface area contributed by atoms with Crippen LogP contribution in [0.3, 0.4) is 0 Å². The molecule has 2 aromatic rings. The quantitative estimate of drug-likeness (QED) is 0.432. The summed E-state index contributed by atoms with van der Waals surface area (Å²) in [5.74, 6) is -2.63. The van der Waals surface area contributed by atoms with Gasteiger partial charge in [0.1, 0.15) is 12.1 Å². The zero-order chi connectivity index (χ0) is 21.7. The minimum absolute atomic E-state index is 0.235. The lowest BCUT2D eigenvalue weighted by molar-refractivity contribution is -0.143. The van der Waals surface area contributed by atoms with Crippen LogP contribution in [0, 0.1) is 11.8 Å². The molecule has 0 saturated carbocycles. The summed E-state index contributed by atoms with van der Waals surface area (Å²) in [6.07, 6.45) is 2.14. The number of aliphatic carboxylic acids is 1. The maximum atomic E-state index is 12.6. The molecular weight excluding hydrogens is 372 g/mol. The summed E-state index contributed by atoms with van der Waals surface area (Å²) in [6, 6.07) is 4.98. The molecule has 0 fully saturated rings. The molecule has 0 saturated heterocycles. The van der Waals surface area contributed by atoms with Crippen molar-refractivity contribution in [1.29, 1.82) is 0 Å². The number of amides is 2. The molecule has 6 N–H and O–H groups in total. The number of aromatic amines is 1. The van der Waals surface area contributed by atoms with E-state index in [1.807, 2.05) is 30.5 Å². The summed E-state index contributed by atoms with van der Waals surface area (Å²) in [5, 5.41) is 15.5. The zero-order valence-electron chi connectivity index (χ0n) is 17.2. The molecule has 0 radical (unpaired) electrons. The Morgan fingerprint density at radius 3 is 2.17 bits per heavy atom. The Hall–Kier alpha value is -2.87. The molecule has 1 aromatic heterocycles. The van der Waals surface area contributed by atoms with E-state index in [2.05, 4.69) is 15.6 Å². The van der Waals surface area contributed by atoms with Crippen LogP contribution in [-0.2, 0) is 20.8 Å². The maximum absolute atomic E-state index is 12.6. The van der Waals surface area contributed by atoms with E-state index < -0.39 is 35.9 Å². The number of carbonyl (C=O) groups is 3. The van der Waals surface area contributed by atoms with Crippen LogP contribution in [0.5, 0.6) is 0 Å². The number of nitrogens with one attached hydrogen (secondary N) is 3. The Kier molecular flexibility index (Phi) is 7.39. The van der Waals surface area contributed by atoms with Crippen LogP contribution in [0.2, 0.25) is 0 Å². The number of carboxylic acids is 1. The number of benzene rings is 1. The van der Waals surface area contributed by atoms with Gasteiger partial charge < -0.3 is 26.5 Å². The fraction of sp³-hybridized carbons (Fsp3) is 0.476. The Morgan fingerprint density at radius 2 is 1.59 bits per heavy atom. The maximum Gasteiger partial charge on any atom is 0.326 e. The lowest BCUT2D eigenvalue weighted by Gasteiger charge is -2.26. The molecule has 0 spiro atoms. The molecular formula is C21H30N4O4. The molecule has 0 unspecified atom stereocenters. The lowest BCUT2D eigenvalue weighted by atomic mass is 9.99. The third-order valence-electron chi connectivity index (χ3n) is 4.93. The molecule has 158 valence electrons. The SMILES string of the molecule is CC(C)[C@H](NC(=O)[C@@H](NC(=O)[C@@H](N)Cc1c[nH]c2ccccc12)C(C)C)C(=O)O. The summed E-state index contributed by atoms with van der Waals surface area (Å²) < 4.78 is 0. The molecule has 8 nitrogen and oxygen atoms in total. The van der Waals surface area contributed by atoms with Crippen LogP contribution in [0.25, 0.3) is 10.9 Å².